The van der Waals surface area contributed by atoms with Gasteiger partial charge in [-0.15, -0.1) is 0 Å². The minimum atomic E-state index is -0.420. The van der Waals surface area contributed by atoms with Gasteiger partial charge >= 0.3 is 0 Å². The van der Waals surface area contributed by atoms with E-state index in [0.29, 0.717) is 13.0 Å². The van der Waals surface area contributed by atoms with E-state index in [1.54, 1.807) is 0 Å². The summed E-state index contributed by atoms with van der Waals surface area (Å²) in [7, 11) is 0. The van der Waals surface area contributed by atoms with Crippen LogP contribution >= 0.6 is 0 Å². The Balaban J connectivity index is 1.86. The Morgan fingerprint density at radius 2 is 2.05 bits per heavy atom. The molecule has 1 atom stereocenters. The molecule has 0 fully saturated rings. The molecule has 1 N–H and O–H groups in total. The van der Waals surface area contributed by atoms with Crippen LogP contribution in [0.2, 0.25) is 0 Å². The first kappa shape index (κ1) is 15.6. The lowest BCUT2D eigenvalue weighted by molar-refractivity contribution is -0.127. The number of nitrogens with one attached hydrogen (secondary N) is 1. The van der Waals surface area contributed by atoms with E-state index in [4.69, 9.17) is 4.74 Å². The molecule has 0 spiro atoms. The maximum absolute atomic E-state index is 12.2. The number of aryl methyl sites for hydroxylation is 1. The zero-order valence-electron chi connectivity index (χ0n) is 13.0. The maximum Gasteiger partial charge on any atom is 0.261 e. The number of hydrogen-bond acceptors (Lipinski definition) is 2. The van der Waals surface area contributed by atoms with Gasteiger partial charge in [-0.2, -0.15) is 0 Å². The largest absolute Gasteiger partial charge is 0.481 e. The molecule has 2 rings (SSSR count). The molecule has 1 aromatic rings. The van der Waals surface area contributed by atoms with Gasteiger partial charge in [0.2, 0.25) is 0 Å². The molecule has 0 aromatic heterocycles. The lowest BCUT2D eigenvalue weighted by Gasteiger charge is -2.19. The van der Waals surface area contributed by atoms with Gasteiger partial charge in [-0.3, -0.25) is 4.79 Å². The van der Waals surface area contributed by atoms with Crippen molar-refractivity contribution in [3.8, 4) is 5.75 Å². The van der Waals surface area contributed by atoms with Crippen molar-refractivity contribution in [3.05, 3.63) is 41.5 Å². The fourth-order valence-electron chi connectivity index (χ4n) is 2.48. The summed E-state index contributed by atoms with van der Waals surface area (Å²) in [6.07, 6.45) is 7.25. The molecule has 0 radical (unpaired) electrons. The smallest absolute Gasteiger partial charge is 0.261 e. The summed E-state index contributed by atoms with van der Waals surface area (Å²) in [4.78, 5) is 12.2. The van der Waals surface area contributed by atoms with Gasteiger partial charge in [-0.25, -0.2) is 0 Å². The normalized spacial score (nSPS) is 16.0. The molecule has 3 nitrogen and oxygen atoms in total. The van der Waals surface area contributed by atoms with Crippen LogP contribution in [0.25, 0.3) is 0 Å². The summed E-state index contributed by atoms with van der Waals surface area (Å²) < 4.78 is 5.79. The van der Waals surface area contributed by atoms with Crippen LogP contribution in [-0.2, 0) is 4.79 Å². The maximum atomic E-state index is 12.2. The quantitative estimate of drug-likeness (QED) is 0.809. The average Bonchev–Trinajstić information content (AvgIpc) is 2.53. The van der Waals surface area contributed by atoms with E-state index in [0.717, 1.165) is 18.6 Å². The molecule has 0 bridgehead atoms. The fourth-order valence-corrected chi connectivity index (χ4v) is 2.48. The third-order valence-electron chi connectivity index (χ3n) is 3.84. The number of hydrogen-bond donors (Lipinski definition) is 1. The minimum absolute atomic E-state index is 0.0236. The van der Waals surface area contributed by atoms with E-state index in [1.807, 2.05) is 38.1 Å². The Kier molecular flexibility index (Phi) is 5.85. The van der Waals surface area contributed by atoms with Gasteiger partial charge in [0.25, 0.3) is 5.91 Å². The second-order valence-electron chi connectivity index (χ2n) is 5.65. The highest BCUT2D eigenvalue weighted by Crippen LogP contribution is 2.17. The molecule has 0 heterocycles. The fraction of sp³-hybridized carbons (Fsp3) is 0.500. The summed E-state index contributed by atoms with van der Waals surface area (Å²) in [5, 5.41) is 3.00. The minimum Gasteiger partial charge on any atom is -0.481 e. The number of allylic oxidation sites excluding steroid dienone is 1. The predicted molar refractivity (Wildman–Crippen MR) is 85.4 cm³/mol. The van der Waals surface area contributed by atoms with E-state index in [-0.39, 0.29) is 5.91 Å². The highest BCUT2D eigenvalue weighted by atomic mass is 16.5. The van der Waals surface area contributed by atoms with Crippen LogP contribution in [0.3, 0.4) is 0 Å². The number of amides is 1. The van der Waals surface area contributed by atoms with Crippen molar-refractivity contribution in [2.24, 2.45) is 0 Å². The van der Waals surface area contributed by atoms with Gasteiger partial charge in [0.05, 0.1) is 0 Å². The highest BCUT2D eigenvalue weighted by Gasteiger charge is 2.18. The van der Waals surface area contributed by atoms with Gasteiger partial charge in [0.15, 0.2) is 6.10 Å². The van der Waals surface area contributed by atoms with Crippen molar-refractivity contribution >= 4 is 5.91 Å². The Bertz CT molecular complexity index is 490. The summed E-state index contributed by atoms with van der Waals surface area (Å²) in [5.41, 5.74) is 2.53. The summed E-state index contributed by atoms with van der Waals surface area (Å²) in [6, 6.07) is 7.81. The highest BCUT2D eigenvalue weighted by molar-refractivity contribution is 5.81. The van der Waals surface area contributed by atoms with Crippen LogP contribution in [-0.4, -0.2) is 18.6 Å². The molecule has 1 unspecified atom stereocenters. The Labute approximate surface area is 127 Å². The Hall–Kier alpha value is -1.77. The molecule has 0 saturated carbocycles. The molecule has 21 heavy (non-hydrogen) atoms. The second-order valence-corrected chi connectivity index (χ2v) is 5.65. The predicted octanol–water partition coefficient (Wildman–Crippen LogP) is 3.77. The molecule has 1 aromatic carbocycles. The van der Waals surface area contributed by atoms with Crippen molar-refractivity contribution in [1.29, 1.82) is 0 Å². The summed E-state index contributed by atoms with van der Waals surface area (Å²) in [6.45, 7) is 4.66. The zero-order valence-corrected chi connectivity index (χ0v) is 13.0. The van der Waals surface area contributed by atoms with Crippen molar-refractivity contribution < 1.29 is 9.53 Å². The third-order valence-corrected chi connectivity index (χ3v) is 3.84. The first-order valence-electron chi connectivity index (χ1n) is 7.88. The first-order chi connectivity index (χ1) is 10.2. The van der Waals surface area contributed by atoms with Gasteiger partial charge in [-0.05, 0) is 51.2 Å². The standard InChI is InChI=1S/C18H25NO2/c1-3-17(21-16-11-9-14(2)10-12-16)18(20)19-13-15-7-5-4-6-8-15/h7,9-12,17H,3-6,8,13H2,1-2H3,(H,19,20). The van der Waals surface area contributed by atoms with Crippen LogP contribution < -0.4 is 10.1 Å². The molecular formula is C18H25NO2. The average molecular weight is 287 g/mol. The Morgan fingerprint density at radius 3 is 2.67 bits per heavy atom. The van der Waals surface area contributed by atoms with Crippen molar-refractivity contribution in [1.82, 2.24) is 5.32 Å². The molecule has 0 saturated heterocycles. The number of benzene rings is 1. The molecule has 0 aliphatic heterocycles. The van der Waals surface area contributed by atoms with Crippen molar-refractivity contribution in [2.45, 2.75) is 52.1 Å². The van der Waals surface area contributed by atoms with Crippen LogP contribution in [0.15, 0.2) is 35.9 Å². The SMILES string of the molecule is CCC(Oc1ccc(C)cc1)C(=O)NCC1=CCCCC1. The number of carbonyl (C=O) groups excluding carboxylic acids is 1. The van der Waals surface area contributed by atoms with Crippen LogP contribution in [0, 0.1) is 6.92 Å². The molecule has 1 aliphatic carbocycles. The van der Waals surface area contributed by atoms with Crippen LogP contribution in [0.4, 0.5) is 0 Å². The van der Waals surface area contributed by atoms with Gasteiger partial charge in [-0.1, -0.05) is 36.3 Å². The number of carbonyl (C=O) groups is 1. The lowest BCUT2D eigenvalue weighted by atomic mass is 9.99. The van der Waals surface area contributed by atoms with E-state index < -0.39 is 6.10 Å². The lowest BCUT2D eigenvalue weighted by Crippen LogP contribution is -2.39. The molecule has 1 aliphatic rings. The van der Waals surface area contributed by atoms with E-state index in [9.17, 15) is 4.79 Å². The summed E-state index contributed by atoms with van der Waals surface area (Å²) in [5.74, 6) is 0.726. The summed E-state index contributed by atoms with van der Waals surface area (Å²) >= 11 is 0. The van der Waals surface area contributed by atoms with E-state index in [1.165, 1.54) is 24.0 Å². The third kappa shape index (κ3) is 4.92. The topological polar surface area (TPSA) is 38.3 Å². The van der Waals surface area contributed by atoms with Crippen molar-refractivity contribution in [3.63, 3.8) is 0 Å². The number of ether oxygens (including phenoxy) is 1. The number of rotatable bonds is 6. The molecule has 114 valence electrons. The zero-order chi connectivity index (χ0) is 15.1. The molecular weight excluding hydrogens is 262 g/mol. The van der Waals surface area contributed by atoms with Gasteiger partial charge in [0.1, 0.15) is 5.75 Å². The molecule has 1 amide bonds. The van der Waals surface area contributed by atoms with E-state index in [2.05, 4.69) is 11.4 Å². The monoisotopic (exact) mass is 287 g/mol. The van der Waals surface area contributed by atoms with Crippen LogP contribution in [0.1, 0.15) is 44.6 Å². The second kappa shape index (κ2) is 7.87. The van der Waals surface area contributed by atoms with E-state index >= 15 is 0 Å². The van der Waals surface area contributed by atoms with Crippen molar-refractivity contribution in [2.75, 3.05) is 6.54 Å². The van der Waals surface area contributed by atoms with Gasteiger partial charge in [0, 0.05) is 6.54 Å². The Morgan fingerprint density at radius 1 is 1.29 bits per heavy atom. The molecule has 3 heteroatoms. The van der Waals surface area contributed by atoms with Gasteiger partial charge < -0.3 is 10.1 Å². The first-order valence-corrected chi connectivity index (χ1v) is 7.88. The van der Waals surface area contributed by atoms with Crippen LogP contribution in [0.5, 0.6) is 5.75 Å².